The highest BCUT2D eigenvalue weighted by Crippen LogP contribution is 2.45. The summed E-state index contributed by atoms with van der Waals surface area (Å²) in [4.78, 5) is 65.9. The van der Waals surface area contributed by atoms with Crippen LogP contribution in [0.5, 0.6) is 11.5 Å². The van der Waals surface area contributed by atoms with Crippen LogP contribution >= 0.6 is 11.3 Å². The lowest BCUT2D eigenvalue weighted by atomic mass is 9.96. The smallest absolute Gasteiger partial charge is 0.408 e. The van der Waals surface area contributed by atoms with Crippen LogP contribution in [0.3, 0.4) is 0 Å². The fourth-order valence-corrected chi connectivity index (χ4v) is 10.1. The Bertz CT molecular complexity index is 2010. The molecule has 57 heavy (non-hydrogen) atoms. The number of aliphatic carboxylic acids is 1. The maximum Gasteiger partial charge on any atom is 0.408 e. The number of fused-ring (bicyclic) bond motifs is 1. The number of nitrogens with zero attached hydrogens (tertiary/aromatic N) is 3. The summed E-state index contributed by atoms with van der Waals surface area (Å²) in [6, 6.07) is 5.79. The number of amides is 3. The number of thiazole rings is 1. The van der Waals surface area contributed by atoms with Crippen molar-refractivity contribution in [3.8, 4) is 22.9 Å². The number of benzene rings is 1. The van der Waals surface area contributed by atoms with E-state index in [0.717, 1.165) is 69.3 Å². The van der Waals surface area contributed by atoms with Gasteiger partial charge in [0.2, 0.25) is 11.8 Å². The third-order valence-electron chi connectivity index (χ3n) is 12.6. The maximum absolute atomic E-state index is 14.8. The molecule has 4 saturated carbocycles. The van der Waals surface area contributed by atoms with Gasteiger partial charge in [0.05, 0.1) is 24.9 Å². The Kier molecular flexibility index (Phi) is 11.3. The van der Waals surface area contributed by atoms with E-state index in [9.17, 15) is 24.3 Å². The van der Waals surface area contributed by atoms with Gasteiger partial charge in [0.15, 0.2) is 5.13 Å². The number of hydrogen-bond acceptors (Lipinski definition) is 11. The molecular weight excluding hydrogens is 749 g/mol. The highest BCUT2D eigenvalue weighted by molar-refractivity contribution is 7.14. The number of carboxylic acids is 1. The molecule has 0 spiro atoms. The number of carbonyl (C=O) groups is 4. The van der Waals surface area contributed by atoms with E-state index >= 15 is 0 Å². The van der Waals surface area contributed by atoms with Crippen molar-refractivity contribution in [2.45, 2.75) is 126 Å². The van der Waals surface area contributed by atoms with Crippen molar-refractivity contribution in [1.82, 2.24) is 25.5 Å². The van der Waals surface area contributed by atoms with Gasteiger partial charge in [-0.1, -0.05) is 31.8 Å². The van der Waals surface area contributed by atoms with Crippen molar-refractivity contribution in [3.05, 3.63) is 42.3 Å². The van der Waals surface area contributed by atoms with Crippen LogP contribution in [0.1, 0.15) is 89.9 Å². The number of rotatable bonds is 14. The molecule has 14 nitrogen and oxygen atoms in total. The number of hydrogen-bond donors (Lipinski definition) is 4. The number of anilines is 1. The molecule has 304 valence electrons. The zero-order valence-corrected chi connectivity index (χ0v) is 33.2. The summed E-state index contributed by atoms with van der Waals surface area (Å²) in [5.74, 6) is -1.61. The summed E-state index contributed by atoms with van der Waals surface area (Å²) in [6.07, 6.45) is 11.9. The second-order valence-corrected chi connectivity index (χ2v) is 17.2. The number of nitrogens with one attached hydrogen (secondary N) is 3. The van der Waals surface area contributed by atoms with Crippen LogP contribution in [0, 0.1) is 11.8 Å². The molecule has 1 aliphatic heterocycles. The average Bonchev–Trinajstić information content (AvgIpc) is 3.97. The molecule has 15 heteroatoms. The first-order valence-corrected chi connectivity index (χ1v) is 21.4. The molecule has 4 aliphatic carbocycles. The quantitative estimate of drug-likeness (QED) is 0.132. The lowest BCUT2D eigenvalue weighted by Gasteiger charge is -2.32. The van der Waals surface area contributed by atoms with E-state index in [1.165, 1.54) is 35.2 Å². The molecule has 5 aliphatic rings. The van der Waals surface area contributed by atoms with Crippen LogP contribution in [-0.2, 0) is 19.1 Å². The highest BCUT2D eigenvalue weighted by atomic mass is 32.1. The monoisotopic (exact) mass is 800 g/mol. The molecule has 8 rings (SSSR count). The van der Waals surface area contributed by atoms with Gasteiger partial charge in [-0.05, 0) is 75.8 Å². The van der Waals surface area contributed by atoms with E-state index in [4.69, 9.17) is 24.2 Å². The number of carbonyl (C=O) groups excluding carboxylic acids is 3. The van der Waals surface area contributed by atoms with Gasteiger partial charge in [-0.3, -0.25) is 9.59 Å². The van der Waals surface area contributed by atoms with Gasteiger partial charge in [0.25, 0.3) is 0 Å². The SMILES string of the molecule is C=C[C@@H]1C[C@]1(NC(=O)C1C[C@@H](Oc2cc(-c3csc(NC4CCCC4)n3)nc3cc(OC)ccc23)CN1C(=O)[C@@H](NC(=O)OC1CCCC1)C1CCCC1)C(=O)O. The fourth-order valence-electron chi connectivity index (χ4n) is 9.28. The minimum atomic E-state index is -1.49. The lowest BCUT2D eigenvalue weighted by Crippen LogP contribution is -2.57. The minimum absolute atomic E-state index is 0.0336. The maximum atomic E-state index is 14.8. The van der Waals surface area contributed by atoms with Crippen LogP contribution in [0.4, 0.5) is 9.93 Å². The molecular formula is C42H52N6O8S. The van der Waals surface area contributed by atoms with Crippen LogP contribution in [0.2, 0.25) is 0 Å². The zero-order valence-electron chi connectivity index (χ0n) is 32.4. The van der Waals surface area contributed by atoms with Crippen LogP contribution in [-0.4, -0.2) is 93.4 Å². The first kappa shape index (κ1) is 38.9. The first-order chi connectivity index (χ1) is 27.6. The van der Waals surface area contributed by atoms with E-state index in [1.54, 1.807) is 7.11 Å². The molecule has 3 aromatic rings. The van der Waals surface area contributed by atoms with Crippen molar-refractivity contribution in [2.24, 2.45) is 11.8 Å². The number of carboxylic acid groups (broad SMARTS) is 1. The average molecular weight is 801 g/mol. The Balaban J connectivity index is 1.09. The highest BCUT2D eigenvalue weighted by Gasteiger charge is 2.61. The van der Waals surface area contributed by atoms with Crippen LogP contribution < -0.4 is 25.4 Å². The molecule has 1 unspecified atom stereocenters. The van der Waals surface area contributed by atoms with Gasteiger partial charge < -0.3 is 40.2 Å². The summed E-state index contributed by atoms with van der Waals surface area (Å²) in [5, 5.41) is 22.9. The number of methoxy groups -OCH3 is 1. The van der Waals surface area contributed by atoms with E-state index < -0.39 is 53.5 Å². The van der Waals surface area contributed by atoms with Crippen molar-refractivity contribution < 1.29 is 38.5 Å². The van der Waals surface area contributed by atoms with Gasteiger partial charge >= 0.3 is 12.1 Å². The summed E-state index contributed by atoms with van der Waals surface area (Å²) in [7, 11) is 1.59. The lowest BCUT2D eigenvalue weighted by molar-refractivity contribution is -0.146. The second kappa shape index (κ2) is 16.5. The normalized spacial score (nSPS) is 25.6. The van der Waals surface area contributed by atoms with E-state index in [0.29, 0.717) is 39.8 Å². The Labute approximate surface area is 336 Å². The third-order valence-corrected chi connectivity index (χ3v) is 13.4. The number of alkyl carbamates (subject to hydrolysis) is 1. The van der Waals surface area contributed by atoms with E-state index in [-0.39, 0.29) is 31.4 Å². The predicted molar refractivity (Wildman–Crippen MR) is 214 cm³/mol. The fraction of sp³-hybridized carbons (Fsp3) is 0.571. The van der Waals surface area contributed by atoms with Gasteiger partial charge in [-0.25, -0.2) is 19.6 Å². The number of pyridine rings is 1. The molecule has 0 bridgehead atoms. The molecule has 1 saturated heterocycles. The topological polar surface area (TPSA) is 181 Å². The van der Waals surface area contributed by atoms with Crippen LogP contribution in [0.15, 0.2) is 42.3 Å². The summed E-state index contributed by atoms with van der Waals surface area (Å²) in [6.45, 7) is 3.79. The first-order valence-electron chi connectivity index (χ1n) is 20.5. The van der Waals surface area contributed by atoms with Crippen molar-refractivity contribution in [1.29, 1.82) is 0 Å². The Hall–Kier alpha value is -4.92. The molecule has 5 fully saturated rings. The molecule has 2 aromatic heterocycles. The Morgan fingerprint density at radius 2 is 1.72 bits per heavy atom. The van der Waals surface area contributed by atoms with Crippen molar-refractivity contribution >= 4 is 51.2 Å². The molecule has 4 N–H and O–H groups in total. The zero-order chi connectivity index (χ0) is 39.7. The largest absolute Gasteiger partial charge is 0.497 e. The standard InChI is InChI=1S/C42H52N6O8S/c1-3-25-21-42(25,39(51)52)47-37(49)34-19-29(22-48(34)38(50)36(24-10-4-5-11-24)46-41(53)56-27-14-8-9-15-27)55-35-20-32(44-31-18-28(54-2)16-17-30(31)35)33-23-57-40(45-33)43-26-12-6-7-13-26/h3,16-18,20,23-27,29,34,36H,1,4-15,19,21-22H2,2H3,(H,43,45)(H,46,53)(H,47,49)(H,51,52)/t25-,29-,34?,36+,42-/m1/s1. The molecule has 1 aromatic carbocycles. The van der Waals surface area contributed by atoms with E-state index in [2.05, 4.69) is 22.5 Å². The number of aromatic nitrogens is 2. The molecule has 0 radical (unpaired) electrons. The molecule has 3 heterocycles. The van der Waals surface area contributed by atoms with Gasteiger partial charge in [0.1, 0.15) is 47.0 Å². The van der Waals surface area contributed by atoms with Crippen molar-refractivity contribution in [2.75, 3.05) is 19.0 Å². The minimum Gasteiger partial charge on any atom is -0.497 e. The summed E-state index contributed by atoms with van der Waals surface area (Å²) >= 11 is 1.53. The Morgan fingerprint density at radius 1 is 0.982 bits per heavy atom. The van der Waals surface area contributed by atoms with Crippen molar-refractivity contribution in [3.63, 3.8) is 0 Å². The number of ether oxygens (including phenoxy) is 3. The van der Waals surface area contributed by atoms with Gasteiger partial charge in [-0.2, -0.15) is 0 Å². The van der Waals surface area contributed by atoms with Gasteiger partial charge in [-0.15, -0.1) is 17.9 Å². The summed E-state index contributed by atoms with van der Waals surface area (Å²) in [5.41, 5.74) is 0.417. The number of likely N-dealkylation sites (tertiary alicyclic amines) is 1. The van der Waals surface area contributed by atoms with E-state index in [1.807, 2.05) is 29.6 Å². The predicted octanol–water partition coefficient (Wildman–Crippen LogP) is 6.44. The Morgan fingerprint density at radius 3 is 2.42 bits per heavy atom. The van der Waals surface area contributed by atoms with Gasteiger partial charge in [0, 0.05) is 41.3 Å². The molecule has 3 amide bonds. The third kappa shape index (κ3) is 8.26. The second-order valence-electron chi connectivity index (χ2n) is 16.3. The molecule has 5 atom stereocenters. The summed E-state index contributed by atoms with van der Waals surface area (Å²) < 4.78 is 18.0. The van der Waals surface area contributed by atoms with Crippen LogP contribution in [0.25, 0.3) is 22.3 Å².